The average molecular weight is 250 g/mol. The van der Waals surface area contributed by atoms with E-state index in [2.05, 4.69) is 0 Å². The number of hydrogen-bond donors (Lipinski definition) is 1. The Morgan fingerprint density at radius 1 is 1.00 bits per heavy atom. The van der Waals surface area contributed by atoms with E-state index in [9.17, 15) is 4.79 Å². The van der Waals surface area contributed by atoms with Gasteiger partial charge >= 0.3 is 0 Å². The summed E-state index contributed by atoms with van der Waals surface area (Å²) in [6.45, 7) is 1.97. The van der Waals surface area contributed by atoms with Crippen LogP contribution in [-0.4, -0.2) is 4.57 Å². The van der Waals surface area contributed by atoms with Gasteiger partial charge in [0, 0.05) is 5.39 Å². The minimum atomic E-state index is -0.0788. The topological polar surface area (TPSA) is 48.0 Å². The lowest BCUT2D eigenvalue weighted by Crippen LogP contribution is -2.22. The van der Waals surface area contributed by atoms with Crippen LogP contribution < -0.4 is 11.3 Å². The smallest absolute Gasteiger partial charge is 0.264 e. The highest BCUT2D eigenvalue weighted by molar-refractivity contribution is 5.84. The van der Waals surface area contributed by atoms with Crippen molar-refractivity contribution in [3.63, 3.8) is 0 Å². The summed E-state index contributed by atoms with van der Waals surface area (Å²) < 4.78 is 1.57. The first kappa shape index (κ1) is 11.5. The number of nitrogens with two attached hydrogens (primary N) is 1. The normalized spacial score (nSPS) is 10.8. The molecule has 0 saturated heterocycles. The Bertz CT molecular complexity index is 818. The van der Waals surface area contributed by atoms with Crippen LogP contribution in [0.3, 0.4) is 0 Å². The maximum atomic E-state index is 12.6. The van der Waals surface area contributed by atoms with E-state index < -0.39 is 0 Å². The highest BCUT2D eigenvalue weighted by atomic mass is 16.1. The van der Waals surface area contributed by atoms with Crippen molar-refractivity contribution >= 4 is 16.6 Å². The number of pyridine rings is 1. The highest BCUT2D eigenvalue weighted by Gasteiger charge is 2.09. The Hall–Kier alpha value is -2.55. The molecule has 1 aromatic heterocycles. The van der Waals surface area contributed by atoms with Crippen LogP contribution in [0.1, 0.15) is 5.56 Å². The molecule has 0 fully saturated rings. The molecular weight excluding hydrogens is 236 g/mol. The number of hydrogen-bond acceptors (Lipinski definition) is 2. The van der Waals surface area contributed by atoms with Gasteiger partial charge in [-0.05, 0) is 36.1 Å². The van der Waals surface area contributed by atoms with Gasteiger partial charge in [-0.1, -0.05) is 36.4 Å². The molecule has 0 aliphatic carbocycles. The molecule has 3 heteroatoms. The summed E-state index contributed by atoms with van der Waals surface area (Å²) in [6.07, 6.45) is 0. The number of para-hydroxylation sites is 1. The first-order valence-corrected chi connectivity index (χ1v) is 6.15. The van der Waals surface area contributed by atoms with Gasteiger partial charge in [0.2, 0.25) is 0 Å². The van der Waals surface area contributed by atoms with Crippen molar-refractivity contribution < 1.29 is 0 Å². The molecule has 2 aromatic carbocycles. The van der Waals surface area contributed by atoms with Crippen LogP contribution >= 0.6 is 0 Å². The maximum Gasteiger partial charge on any atom is 0.264 e. The zero-order valence-electron chi connectivity index (χ0n) is 10.6. The molecule has 0 saturated carbocycles. The minimum absolute atomic E-state index is 0.0788. The number of aromatic nitrogens is 1. The summed E-state index contributed by atoms with van der Waals surface area (Å²) in [7, 11) is 0. The molecule has 0 radical (unpaired) electrons. The summed E-state index contributed by atoms with van der Waals surface area (Å²) in [5.74, 6) is 0.456. The van der Waals surface area contributed by atoms with Gasteiger partial charge in [0.25, 0.3) is 5.56 Å². The Labute approximate surface area is 110 Å². The van der Waals surface area contributed by atoms with E-state index in [1.165, 1.54) is 0 Å². The minimum Gasteiger partial charge on any atom is -0.385 e. The summed E-state index contributed by atoms with van der Waals surface area (Å²) >= 11 is 0. The fourth-order valence-corrected chi connectivity index (χ4v) is 2.34. The van der Waals surface area contributed by atoms with Gasteiger partial charge in [-0.3, -0.25) is 9.36 Å². The molecule has 0 bridgehead atoms. The molecule has 0 amide bonds. The zero-order valence-corrected chi connectivity index (χ0v) is 10.6. The Morgan fingerprint density at radius 2 is 1.68 bits per heavy atom. The molecule has 0 aliphatic heterocycles. The first-order chi connectivity index (χ1) is 9.18. The Morgan fingerprint density at radius 3 is 2.47 bits per heavy atom. The van der Waals surface area contributed by atoms with E-state index in [0.29, 0.717) is 11.2 Å². The van der Waals surface area contributed by atoms with Crippen molar-refractivity contribution in [3.05, 3.63) is 70.5 Å². The third-order valence-electron chi connectivity index (χ3n) is 3.31. The molecule has 0 aliphatic rings. The van der Waals surface area contributed by atoms with Gasteiger partial charge in [-0.25, -0.2) is 0 Å². The van der Waals surface area contributed by atoms with Gasteiger partial charge in [-0.2, -0.15) is 0 Å². The molecule has 0 unspecified atom stereocenters. The van der Waals surface area contributed by atoms with Crippen LogP contribution in [0.4, 0.5) is 5.82 Å². The number of benzene rings is 2. The summed E-state index contributed by atoms with van der Waals surface area (Å²) in [4.78, 5) is 12.6. The predicted octanol–water partition coefficient (Wildman–Crippen LogP) is 2.88. The number of rotatable bonds is 1. The van der Waals surface area contributed by atoms with Crippen molar-refractivity contribution in [2.45, 2.75) is 6.92 Å². The lowest BCUT2D eigenvalue weighted by atomic mass is 10.1. The van der Waals surface area contributed by atoms with Crippen molar-refractivity contribution in [2.24, 2.45) is 0 Å². The van der Waals surface area contributed by atoms with Crippen molar-refractivity contribution in [1.29, 1.82) is 0 Å². The van der Waals surface area contributed by atoms with Crippen molar-refractivity contribution in [1.82, 2.24) is 4.57 Å². The van der Waals surface area contributed by atoms with E-state index in [4.69, 9.17) is 5.73 Å². The van der Waals surface area contributed by atoms with Gasteiger partial charge in [0.05, 0.1) is 5.69 Å². The Kier molecular flexibility index (Phi) is 2.60. The van der Waals surface area contributed by atoms with E-state index in [0.717, 1.165) is 16.6 Å². The van der Waals surface area contributed by atoms with Crippen LogP contribution in [0.15, 0.2) is 59.4 Å². The number of fused-ring (bicyclic) bond motifs is 1. The maximum absolute atomic E-state index is 12.6. The fourth-order valence-electron chi connectivity index (χ4n) is 2.34. The molecule has 2 N–H and O–H groups in total. The third kappa shape index (κ3) is 1.80. The van der Waals surface area contributed by atoms with Crippen LogP contribution in [0.25, 0.3) is 16.5 Å². The van der Waals surface area contributed by atoms with E-state index in [1.807, 2.05) is 61.5 Å². The zero-order chi connectivity index (χ0) is 13.4. The van der Waals surface area contributed by atoms with Crippen LogP contribution in [-0.2, 0) is 0 Å². The van der Waals surface area contributed by atoms with Crippen LogP contribution in [0.5, 0.6) is 0 Å². The number of nitrogen functional groups attached to an aromatic ring is 1. The molecule has 1 heterocycles. The molecule has 19 heavy (non-hydrogen) atoms. The standard InChI is InChI=1S/C16H14N2O/c1-11-6-2-5-9-14(11)18-15(17)10-12-7-3-4-8-13(12)16(18)19/h2-10H,17H2,1H3. The largest absolute Gasteiger partial charge is 0.385 e. The SMILES string of the molecule is Cc1ccccc1-n1c(N)cc2ccccc2c1=O. The van der Waals surface area contributed by atoms with E-state index in [-0.39, 0.29) is 5.56 Å². The highest BCUT2D eigenvalue weighted by Crippen LogP contribution is 2.19. The summed E-state index contributed by atoms with van der Waals surface area (Å²) in [5.41, 5.74) is 7.82. The lowest BCUT2D eigenvalue weighted by Gasteiger charge is -2.13. The molecule has 3 aromatic rings. The number of anilines is 1. The predicted molar refractivity (Wildman–Crippen MR) is 78.7 cm³/mol. The summed E-state index contributed by atoms with van der Waals surface area (Å²) in [6, 6.07) is 17.1. The molecule has 3 nitrogen and oxygen atoms in total. The first-order valence-electron chi connectivity index (χ1n) is 6.15. The monoisotopic (exact) mass is 250 g/mol. The summed E-state index contributed by atoms with van der Waals surface area (Å²) in [5, 5.41) is 1.55. The molecule has 94 valence electrons. The van der Waals surface area contributed by atoms with Crippen LogP contribution in [0, 0.1) is 6.92 Å². The van der Waals surface area contributed by atoms with Gasteiger partial charge in [0.1, 0.15) is 5.82 Å². The van der Waals surface area contributed by atoms with Gasteiger partial charge < -0.3 is 5.73 Å². The molecular formula is C16H14N2O. The average Bonchev–Trinajstić information content (AvgIpc) is 2.41. The second-order valence-electron chi connectivity index (χ2n) is 4.58. The number of nitrogens with zero attached hydrogens (tertiary/aromatic N) is 1. The van der Waals surface area contributed by atoms with E-state index >= 15 is 0 Å². The van der Waals surface area contributed by atoms with Crippen molar-refractivity contribution in [3.8, 4) is 5.69 Å². The second-order valence-corrected chi connectivity index (χ2v) is 4.58. The Balaban J connectivity index is 2.43. The quantitative estimate of drug-likeness (QED) is 0.722. The second kappa shape index (κ2) is 4.28. The number of aryl methyl sites for hydroxylation is 1. The lowest BCUT2D eigenvalue weighted by molar-refractivity contribution is 1.01. The van der Waals surface area contributed by atoms with Crippen LogP contribution in [0.2, 0.25) is 0 Å². The van der Waals surface area contributed by atoms with E-state index in [1.54, 1.807) is 4.57 Å². The molecule has 0 atom stereocenters. The van der Waals surface area contributed by atoms with Gasteiger partial charge in [-0.15, -0.1) is 0 Å². The molecule has 0 spiro atoms. The fraction of sp³-hybridized carbons (Fsp3) is 0.0625. The molecule has 3 rings (SSSR count). The van der Waals surface area contributed by atoms with Gasteiger partial charge in [0.15, 0.2) is 0 Å². The third-order valence-corrected chi connectivity index (χ3v) is 3.31. The van der Waals surface area contributed by atoms with Crippen molar-refractivity contribution in [2.75, 3.05) is 5.73 Å².